The smallest absolute Gasteiger partial charge is 0.303 e. The molecule has 3 heteroatoms. The Balaban J connectivity index is 0.000000187. The number of para-hydroxylation sites is 1. The van der Waals surface area contributed by atoms with E-state index in [4.69, 9.17) is 5.11 Å². The third kappa shape index (κ3) is 3.42. The summed E-state index contributed by atoms with van der Waals surface area (Å²) in [4.78, 5) is 9.60. The highest BCUT2D eigenvalue weighted by atomic mass is 16.4. The number of carboxylic acid groups (broad SMARTS) is 1. The number of aryl methyl sites for hydroxylation is 1. The van der Waals surface area contributed by atoms with Crippen LogP contribution in [0.15, 0.2) is 36.5 Å². The lowest BCUT2D eigenvalue weighted by molar-refractivity contribution is -0.137. The van der Waals surface area contributed by atoms with E-state index in [1.807, 2.05) is 6.92 Å². The van der Waals surface area contributed by atoms with Gasteiger partial charge in [-0.1, -0.05) is 25.1 Å². The molecule has 1 heterocycles. The molecule has 3 nitrogen and oxygen atoms in total. The topological polar surface area (TPSA) is 42.2 Å². The maximum Gasteiger partial charge on any atom is 0.303 e. The minimum absolute atomic E-state index is 0.292. The van der Waals surface area contributed by atoms with Gasteiger partial charge >= 0.3 is 5.97 Å². The van der Waals surface area contributed by atoms with Crippen LogP contribution in [0.25, 0.3) is 10.9 Å². The van der Waals surface area contributed by atoms with Crippen LogP contribution < -0.4 is 0 Å². The predicted octanol–water partition coefficient (Wildman–Crippen LogP) is 3.05. The Morgan fingerprint density at radius 3 is 2.50 bits per heavy atom. The van der Waals surface area contributed by atoms with Crippen molar-refractivity contribution >= 4 is 16.9 Å². The highest BCUT2D eigenvalue weighted by Gasteiger charge is 1.92. The van der Waals surface area contributed by atoms with Crippen LogP contribution in [0.2, 0.25) is 0 Å². The van der Waals surface area contributed by atoms with Gasteiger partial charge in [0.25, 0.3) is 0 Å². The maximum atomic E-state index is 9.60. The number of carboxylic acids is 1. The fourth-order valence-electron chi connectivity index (χ4n) is 1.44. The molecule has 1 N–H and O–H groups in total. The van der Waals surface area contributed by atoms with Crippen molar-refractivity contribution in [2.75, 3.05) is 0 Å². The third-order valence-electron chi connectivity index (χ3n) is 2.26. The van der Waals surface area contributed by atoms with Crippen molar-refractivity contribution in [3.05, 3.63) is 36.5 Å². The number of hydrogen-bond donors (Lipinski definition) is 1. The van der Waals surface area contributed by atoms with E-state index < -0.39 is 5.97 Å². The fraction of sp³-hybridized carbons (Fsp3) is 0.308. The second kappa shape index (κ2) is 5.95. The normalized spacial score (nSPS) is 9.62. The maximum absolute atomic E-state index is 9.60. The lowest BCUT2D eigenvalue weighted by Crippen LogP contribution is -1.90. The van der Waals surface area contributed by atoms with Crippen LogP contribution in [-0.2, 0) is 11.8 Å². The predicted molar refractivity (Wildman–Crippen MR) is 65.5 cm³/mol. The van der Waals surface area contributed by atoms with Gasteiger partial charge in [0.15, 0.2) is 0 Å². The summed E-state index contributed by atoms with van der Waals surface area (Å²) in [6, 6.07) is 10.5. The van der Waals surface area contributed by atoms with E-state index in [1.54, 1.807) is 0 Å². The Hall–Kier alpha value is -1.77. The second-order valence-electron chi connectivity index (χ2n) is 3.63. The number of aromatic nitrogens is 1. The van der Waals surface area contributed by atoms with Crippen molar-refractivity contribution in [2.45, 2.75) is 19.8 Å². The Labute approximate surface area is 95.3 Å². The molecule has 16 heavy (non-hydrogen) atoms. The van der Waals surface area contributed by atoms with Gasteiger partial charge in [0.05, 0.1) is 0 Å². The van der Waals surface area contributed by atoms with Crippen LogP contribution >= 0.6 is 0 Å². The van der Waals surface area contributed by atoms with Gasteiger partial charge in [-0.25, -0.2) is 0 Å². The number of hydrogen-bond acceptors (Lipinski definition) is 1. The number of nitrogens with zero attached hydrogens (tertiary/aromatic N) is 1. The molecule has 2 aromatic rings. The van der Waals surface area contributed by atoms with Crippen LogP contribution in [0.5, 0.6) is 0 Å². The molecule has 1 aromatic heterocycles. The monoisotopic (exact) mass is 219 g/mol. The molecule has 0 saturated carbocycles. The first-order valence-electron chi connectivity index (χ1n) is 5.37. The van der Waals surface area contributed by atoms with Crippen molar-refractivity contribution in [3.8, 4) is 0 Å². The van der Waals surface area contributed by atoms with Gasteiger partial charge in [0.1, 0.15) is 0 Å². The fourth-order valence-corrected chi connectivity index (χ4v) is 1.44. The summed E-state index contributed by atoms with van der Waals surface area (Å²) in [6.45, 7) is 1.84. The molecule has 0 bridgehead atoms. The van der Waals surface area contributed by atoms with Crippen LogP contribution in [-0.4, -0.2) is 15.6 Å². The first-order valence-corrected chi connectivity index (χ1v) is 5.37. The first-order chi connectivity index (χ1) is 7.65. The number of carbonyl (C=O) groups is 1. The van der Waals surface area contributed by atoms with Gasteiger partial charge in [-0.15, -0.1) is 0 Å². The molecular formula is C13H17NO2. The molecule has 0 atom stereocenters. The summed E-state index contributed by atoms with van der Waals surface area (Å²) in [6.07, 6.45) is 3.10. The van der Waals surface area contributed by atoms with Crippen molar-refractivity contribution in [3.63, 3.8) is 0 Å². The summed E-state index contributed by atoms with van der Waals surface area (Å²) in [7, 11) is 2.06. The summed E-state index contributed by atoms with van der Waals surface area (Å²) >= 11 is 0. The quantitative estimate of drug-likeness (QED) is 0.843. The molecule has 0 spiro atoms. The largest absolute Gasteiger partial charge is 0.481 e. The molecule has 0 saturated heterocycles. The van der Waals surface area contributed by atoms with Crippen LogP contribution in [0.1, 0.15) is 19.8 Å². The molecule has 0 aliphatic heterocycles. The Morgan fingerprint density at radius 2 is 2.00 bits per heavy atom. The summed E-state index contributed by atoms with van der Waals surface area (Å²) in [5.41, 5.74) is 1.29. The molecule has 0 fully saturated rings. The standard InChI is InChI=1S/C9H9N.C4H8O2/c1-10-7-6-8-4-2-3-5-9(8)10;1-2-3-4(5)6/h2-7H,1H3;2-3H2,1H3,(H,5,6). The van der Waals surface area contributed by atoms with E-state index in [0.29, 0.717) is 6.42 Å². The van der Waals surface area contributed by atoms with Gasteiger partial charge in [0.2, 0.25) is 0 Å². The lowest BCUT2D eigenvalue weighted by Gasteiger charge is -1.92. The first kappa shape index (κ1) is 12.3. The van der Waals surface area contributed by atoms with Crippen molar-refractivity contribution in [2.24, 2.45) is 7.05 Å². The Morgan fingerprint density at radius 1 is 1.31 bits per heavy atom. The van der Waals surface area contributed by atoms with Crippen molar-refractivity contribution in [1.82, 2.24) is 4.57 Å². The molecule has 1 aromatic carbocycles. The van der Waals surface area contributed by atoms with Crippen molar-refractivity contribution in [1.29, 1.82) is 0 Å². The molecule has 0 amide bonds. The van der Waals surface area contributed by atoms with E-state index in [0.717, 1.165) is 6.42 Å². The van der Waals surface area contributed by atoms with Gasteiger partial charge in [-0.05, 0) is 23.9 Å². The number of rotatable bonds is 2. The van der Waals surface area contributed by atoms with E-state index in [-0.39, 0.29) is 0 Å². The highest BCUT2D eigenvalue weighted by molar-refractivity contribution is 5.79. The molecule has 0 aliphatic rings. The van der Waals surface area contributed by atoms with Crippen LogP contribution in [0.4, 0.5) is 0 Å². The summed E-state index contributed by atoms with van der Waals surface area (Å²) in [5.74, 6) is -0.711. The minimum Gasteiger partial charge on any atom is -0.481 e. The molecule has 2 rings (SSSR count). The second-order valence-corrected chi connectivity index (χ2v) is 3.63. The Bertz CT molecular complexity index is 460. The van der Waals surface area contributed by atoms with E-state index in [1.165, 1.54) is 10.9 Å². The summed E-state index contributed by atoms with van der Waals surface area (Å²) in [5, 5.41) is 9.22. The van der Waals surface area contributed by atoms with Gasteiger partial charge in [-0.3, -0.25) is 4.79 Å². The van der Waals surface area contributed by atoms with Gasteiger partial charge < -0.3 is 9.67 Å². The molecule has 0 radical (unpaired) electrons. The van der Waals surface area contributed by atoms with E-state index in [9.17, 15) is 4.79 Å². The highest BCUT2D eigenvalue weighted by Crippen LogP contribution is 2.12. The third-order valence-corrected chi connectivity index (χ3v) is 2.26. The zero-order valence-corrected chi connectivity index (χ0v) is 9.68. The minimum atomic E-state index is -0.711. The zero-order valence-electron chi connectivity index (χ0n) is 9.68. The van der Waals surface area contributed by atoms with E-state index >= 15 is 0 Å². The average Bonchev–Trinajstić information content (AvgIpc) is 2.62. The molecule has 86 valence electrons. The van der Waals surface area contributed by atoms with Gasteiger partial charge in [0, 0.05) is 25.2 Å². The lowest BCUT2D eigenvalue weighted by atomic mass is 10.2. The summed E-state index contributed by atoms with van der Waals surface area (Å²) < 4.78 is 2.12. The number of aliphatic carboxylic acids is 1. The van der Waals surface area contributed by atoms with Crippen LogP contribution in [0.3, 0.4) is 0 Å². The van der Waals surface area contributed by atoms with E-state index in [2.05, 4.69) is 48.1 Å². The number of benzene rings is 1. The van der Waals surface area contributed by atoms with Gasteiger partial charge in [-0.2, -0.15) is 0 Å². The molecule has 0 aliphatic carbocycles. The molecular weight excluding hydrogens is 202 g/mol. The average molecular weight is 219 g/mol. The SMILES string of the molecule is CCCC(=O)O.Cn1ccc2ccccc21. The van der Waals surface area contributed by atoms with Crippen LogP contribution in [0, 0.1) is 0 Å². The Kier molecular flexibility index (Phi) is 4.58. The van der Waals surface area contributed by atoms with Crippen molar-refractivity contribution < 1.29 is 9.90 Å². The zero-order chi connectivity index (χ0) is 12.0. The molecule has 0 unspecified atom stereocenters. The number of fused-ring (bicyclic) bond motifs is 1.